The molecule has 2 aliphatic heterocycles. The molecule has 1 aromatic carbocycles. The summed E-state index contributed by atoms with van der Waals surface area (Å²) in [6.07, 6.45) is 6.24. The lowest BCUT2D eigenvalue weighted by Crippen LogP contribution is -2.49. The minimum absolute atomic E-state index is 0.451. The first-order chi connectivity index (χ1) is 10.3. The number of nitrogens with two attached hydrogens (primary N) is 1. The van der Waals surface area contributed by atoms with E-state index in [0.29, 0.717) is 6.04 Å². The van der Waals surface area contributed by atoms with Crippen LogP contribution in [0.15, 0.2) is 30.3 Å². The van der Waals surface area contributed by atoms with E-state index < -0.39 is 0 Å². The number of benzene rings is 1. The fourth-order valence-corrected chi connectivity index (χ4v) is 3.72. The summed E-state index contributed by atoms with van der Waals surface area (Å²) in [5.74, 6) is 0. The maximum atomic E-state index is 6.01. The van der Waals surface area contributed by atoms with Crippen LogP contribution in [0.3, 0.4) is 0 Å². The molecule has 21 heavy (non-hydrogen) atoms. The van der Waals surface area contributed by atoms with Gasteiger partial charge in [-0.05, 0) is 63.8 Å². The molecule has 0 radical (unpaired) electrons. The first-order valence-corrected chi connectivity index (χ1v) is 8.57. The van der Waals surface area contributed by atoms with E-state index in [1.165, 1.54) is 70.4 Å². The second-order valence-corrected chi connectivity index (χ2v) is 6.68. The lowest BCUT2D eigenvalue weighted by atomic mass is 9.98. The number of likely N-dealkylation sites (tertiary alicyclic amines) is 2. The summed E-state index contributed by atoms with van der Waals surface area (Å²) < 4.78 is 0. The zero-order chi connectivity index (χ0) is 14.5. The molecule has 116 valence electrons. The van der Waals surface area contributed by atoms with Crippen molar-refractivity contribution in [3.8, 4) is 0 Å². The molecule has 0 bridgehead atoms. The van der Waals surface area contributed by atoms with Crippen LogP contribution in [0.4, 0.5) is 0 Å². The quantitative estimate of drug-likeness (QED) is 0.920. The summed E-state index contributed by atoms with van der Waals surface area (Å²) >= 11 is 0. The molecule has 0 unspecified atom stereocenters. The molecule has 3 rings (SSSR count). The van der Waals surface area contributed by atoms with E-state index in [2.05, 4.69) is 40.1 Å². The van der Waals surface area contributed by atoms with Crippen molar-refractivity contribution in [2.75, 3.05) is 32.7 Å². The molecule has 3 nitrogen and oxygen atoms in total. The van der Waals surface area contributed by atoms with Gasteiger partial charge in [0.15, 0.2) is 0 Å². The van der Waals surface area contributed by atoms with Gasteiger partial charge in [0.05, 0.1) is 0 Å². The number of hydrogen-bond donors (Lipinski definition) is 1. The van der Waals surface area contributed by atoms with Gasteiger partial charge in [0.25, 0.3) is 0 Å². The Hall–Kier alpha value is -0.900. The standard InChI is InChI=1S/C18H29N3/c19-17-7-14-21(15-8-17)18-9-12-20(13-10-18)11-6-16-4-2-1-3-5-16/h1-5,17-18H,6-15,19H2. The molecule has 0 atom stereocenters. The molecular formula is C18H29N3. The number of rotatable bonds is 4. The van der Waals surface area contributed by atoms with E-state index in [1.54, 1.807) is 0 Å². The molecule has 0 aliphatic carbocycles. The molecule has 2 aliphatic rings. The van der Waals surface area contributed by atoms with Crippen molar-refractivity contribution in [1.29, 1.82) is 0 Å². The number of nitrogens with zero attached hydrogens (tertiary/aromatic N) is 2. The van der Waals surface area contributed by atoms with Crippen molar-refractivity contribution < 1.29 is 0 Å². The van der Waals surface area contributed by atoms with Crippen LogP contribution >= 0.6 is 0 Å². The van der Waals surface area contributed by atoms with Gasteiger partial charge in [0.2, 0.25) is 0 Å². The monoisotopic (exact) mass is 287 g/mol. The van der Waals surface area contributed by atoms with Gasteiger partial charge in [-0.15, -0.1) is 0 Å². The van der Waals surface area contributed by atoms with Gasteiger partial charge in [-0.2, -0.15) is 0 Å². The summed E-state index contributed by atoms with van der Waals surface area (Å²) in [6.45, 7) is 6.17. The molecule has 0 aromatic heterocycles. The molecular weight excluding hydrogens is 258 g/mol. The van der Waals surface area contributed by atoms with E-state index in [1.807, 2.05) is 0 Å². The van der Waals surface area contributed by atoms with E-state index in [4.69, 9.17) is 5.73 Å². The first kappa shape index (κ1) is 15.0. The van der Waals surface area contributed by atoms with Crippen molar-refractivity contribution in [1.82, 2.24) is 9.80 Å². The van der Waals surface area contributed by atoms with E-state index in [-0.39, 0.29) is 0 Å². The summed E-state index contributed by atoms with van der Waals surface area (Å²) in [5, 5.41) is 0. The molecule has 2 fully saturated rings. The molecule has 0 amide bonds. The van der Waals surface area contributed by atoms with Gasteiger partial charge in [-0.25, -0.2) is 0 Å². The van der Waals surface area contributed by atoms with E-state index in [0.717, 1.165) is 6.04 Å². The highest BCUT2D eigenvalue weighted by Crippen LogP contribution is 2.20. The van der Waals surface area contributed by atoms with Crippen LogP contribution in [0.1, 0.15) is 31.2 Å². The van der Waals surface area contributed by atoms with Crippen molar-refractivity contribution in [2.24, 2.45) is 5.73 Å². The maximum Gasteiger partial charge on any atom is 0.0120 e. The molecule has 0 spiro atoms. The van der Waals surface area contributed by atoms with Crippen LogP contribution in [0.2, 0.25) is 0 Å². The van der Waals surface area contributed by atoms with Crippen LogP contribution in [0.5, 0.6) is 0 Å². The zero-order valence-electron chi connectivity index (χ0n) is 13.1. The Morgan fingerprint density at radius 2 is 1.57 bits per heavy atom. The van der Waals surface area contributed by atoms with Crippen LogP contribution in [0, 0.1) is 0 Å². The average molecular weight is 287 g/mol. The van der Waals surface area contributed by atoms with Gasteiger partial charge in [0.1, 0.15) is 0 Å². The highest BCUT2D eigenvalue weighted by Gasteiger charge is 2.26. The molecule has 1 aromatic rings. The highest BCUT2D eigenvalue weighted by molar-refractivity contribution is 5.14. The summed E-state index contributed by atoms with van der Waals surface area (Å²) in [7, 11) is 0. The molecule has 2 heterocycles. The Balaban J connectivity index is 1.39. The van der Waals surface area contributed by atoms with Gasteiger partial charge >= 0.3 is 0 Å². The summed E-state index contributed by atoms with van der Waals surface area (Å²) in [4.78, 5) is 5.33. The highest BCUT2D eigenvalue weighted by atomic mass is 15.2. The molecule has 0 saturated carbocycles. The lowest BCUT2D eigenvalue weighted by Gasteiger charge is -2.41. The van der Waals surface area contributed by atoms with Gasteiger partial charge in [-0.1, -0.05) is 30.3 Å². The average Bonchev–Trinajstić information content (AvgIpc) is 2.55. The fourth-order valence-electron chi connectivity index (χ4n) is 3.72. The van der Waals surface area contributed by atoms with Gasteiger partial charge in [0, 0.05) is 18.6 Å². The Morgan fingerprint density at radius 3 is 2.24 bits per heavy atom. The smallest absolute Gasteiger partial charge is 0.0120 e. The molecule has 2 N–H and O–H groups in total. The van der Waals surface area contributed by atoms with Crippen LogP contribution in [-0.4, -0.2) is 54.6 Å². The third-order valence-corrected chi connectivity index (χ3v) is 5.21. The number of hydrogen-bond acceptors (Lipinski definition) is 3. The third kappa shape index (κ3) is 4.29. The predicted molar refractivity (Wildman–Crippen MR) is 88.4 cm³/mol. The Kier molecular flexibility index (Phi) is 5.28. The Morgan fingerprint density at radius 1 is 0.905 bits per heavy atom. The molecule has 2 saturated heterocycles. The Labute approximate surface area is 129 Å². The predicted octanol–water partition coefficient (Wildman–Crippen LogP) is 2.12. The van der Waals surface area contributed by atoms with Crippen LogP contribution in [-0.2, 0) is 6.42 Å². The largest absolute Gasteiger partial charge is 0.328 e. The lowest BCUT2D eigenvalue weighted by molar-refractivity contribution is 0.0884. The van der Waals surface area contributed by atoms with Crippen LogP contribution < -0.4 is 5.73 Å². The second-order valence-electron chi connectivity index (χ2n) is 6.68. The maximum absolute atomic E-state index is 6.01. The minimum Gasteiger partial charge on any atom is -0.328 e. The van der Waals surface area contributed by atoms with Crippen molar-refractivity contribution in [3.05, 3.63) is 35.9 Å². The summed E-state index contributed by atoms with van der Waals surface area (Å²) in [5.41, 5.74) is 7.47. The van der Waals surface area contributed by atoms with Gasteiger partial charge in [-0.3, -0.25) is 0 Å². The van der Waals surface area contributed by atoms with Crippen LogP contribution in [0.25, 0.3) is 0 Å². The Bertz CT molecular complexity index is 404. The zero-order valence-corrected chi connectivity index (χ0v) is 13.1. The van der Waals surface area contributed by atoms with Crippen molar-refractivity contribution in [3.63, 3.8) is 0 Å². The van der Waals surface area contributed by atoms with E-state index >= 15 is 0 Å². The third-order valence-electron chi connectivity index (χ3n) is 5.21. The van der Waals surface area contributed by atoms with Crippen molar-refractivity contribution in [2.45, 2.75) is 44.2 Å². The first-order valence-electron chi connectivity index (χ1n) is 8.57. The summed E-state index contributed by atoms with van der Waals surface area (Å²) in [6, 6.07) is 12.1. The molecule has 3 heteroatoms. The normalized spacial score (nSPS) is 23.5. The second kappa shape index (κ2) is 7.39. The SMILES string of the molecule is NC1CCN(C2CCN(CCc3ccccc3)CC2)CC1. The fraction of sp³-hybridized carbons (Fsp3) is 0.667. The topological polar surface area (TPSA) is 32.5 Å². The number of piperidine rings is 2. The van der Waals surface area contributed by atoms with Gasteiger partial charge < -0.3 is 15.5 Å². The minimum atomic E-state index is 0.451. The van der Waals surface area contributed by atoms with Crippen molar-refractivity contribution >= 4 is 0 Å². The van der Waals surface area contributed by atoms with E-state index in [9.17, 15) is 0 Å².